The predicted molar refractivity (Wildman–Crippen MR) is 71.0 cm³/mol. The van der Waals surface area contributed by atoms with Crippen LogP contribution in [0.1, 0.15) is 27.2 Å². The summed E-state index contributed by atoms with van der Waals surface area (Å²) in [6.45, 7) is 5.31. The molecule has 0 heterocycles. The van der Waals surface area contributed by atoms with E-state index in [4.69, 9.17) is 4.74 Å². The molecule has 0 aliphatic heterocycles. The molecule has 7 heteroatoms. The highest BCUT2D eigenvalue weighted by atomic mass is 19.1. The van der Waals surface area contributed by atoms with Gasteiger partial charge in [0, 0.05) is 18.2 Å². The van der Waals surface area contributed by atoms with Crippen molar-refractivity contribution in [2.45, 2.75) is 39.3 Å². The third-order valence-corrected chi connectivity index (χ3v) is 2.80. The van der Waals surface area contributed by atoms with E-state index in [-0.39, 0.29) is 17.7 Å². The quantitative estimate of drug-likeness (QED) is 0.642. The van der Waals surface area contributed by atoms with Gasteiger partial charge in [-0.05, 0) is 26.3 Å². The van der Waals surface area contributed by atoms with Gasteiger partial charge in [0.1, 0.15) is 5.75 Å². The molecule has 1 amide bonds. The molecule has 110 valence electrons. The number of amides is 1. The first kappa shape index (κ1) is 15.9. The number of ether oxygens (including phenoxy) is 1. The highest BCUT2D eigenvalue weighted by Crippen LogP contribution is 2.23. The van der Waals surface area contributed by atoms with Gasteiger partial charge in [0.25, 0.3) is 5.91 Å². The Balaban J connectivity index is 2.71. The first-order valence-corrected chi connectivity index (χ1v) is 6.26. The number of hydrogen-bond acceptors (Lipinski definition) is 4. The molecule has 2 unspecified atom stereocenters. The van der Waals surface area contributed by atoms with Crippen LogP contribution >= 0.6 is 0 Å². The van der Waals surface area contributed by atoms with Crippen LogP contribution in [0.3, 0.4) is 0 Å². The Morgan fingerprint density at radius 2 is 2.15 bits per heavy atom. The van der Waals surface area contributed by atoms with Crippen LogP contribution in [0, 0.1) is 15.9 Å². The monoisotopic (exact) mass is 284 g/mol. The Morgan fingerprint density at radius 3 is 2.65 bits per heavy atom. The second-order valence-corrected chi connectivity index (χ2v) is 4.45. The van der Waals surface area contributed by atoms with Crippen molar-refractivity contribution in [1.29, 1.82) is 0 Å². The largest absolute Gasteiger partial charge is 0.481 e. The van der Waals surface area contributed by atoms with E-state index in [0.29, 0.717) is 0 Å². The zero-order chi connectivity index (χ0) is 15.3. The summed E-state index contributed by atoms with van der Waals surface area (Å²) >= 11 is 0. The number of benzene rings is 1. The molecule has 0 aliphatic carbocycles. The fraction of sp³-hybridized carbons (Fsp3) is 0.462. The number of nitro benzene ring substituents is 1. The Bertz CT molecular complexity index is 507. The molecule has 0 fully saturated rings. The summed E-state index contributed by atoms with van der Waals surface area (Å²) in [5, 5.41) is 13.2. The van der Waals surface area contributed by atoms with Crippen LogP contribution in [0.15, 0.2) is 18.2 Å². The van der Waals surface area contributed by atoms with Crippen LogP contribution < -0.4 is 10.1 Å². The lowest BCUT2D eigenvalue weighted by Crippen LogP contribution is -2.40. The molecule has 1 aromatic carbocycles. The Labute approximate surface area is 116 Å². The van der Waals surface area contributed by atoms with Crippen molar-refractivity contribution in [2.75, 3.05) is 0 Å². The van der Waals surface area contributed by atoms with E-state index < -0.39 is 22.5 Å². The predicted octanol–water partition coefficient (Wildman–Crippen LogP) is 2.42. The summed E-state index contributed by atoms with van der Waals surface area (Å²) in [6.07, 6.45) is -0.0326. The summed E-state index contributed by atoms with van der Waals surface area (Å²) in [5.41, 5.74) is -0.631. The van der Waals surface area contributed by atoms with Crippen LogP contribution in [-0.2, 0) is 4.79 Å². The second kappa shape index (κ2) is 6.83. The van der Waals surface area contributed by atoms with Crippen molar-refractivity contribution >= 4 is 11.6 Å². The summed E-state index contributed by atoms with van der Waals surface area (Å²) in [5.74, 6) is -1.25. The topological polar surface area (TPSA) is 81.5 Å². The Hall–Kier alpha value is -2.18. The van der Waals surface area contributed by atoms with Gasteiger partial charge in [-0.3, -0.25) is 14.9 Å². The van der Waals surface area contributed by atoms with Gasteiger partial charge in [-0.15, -0.1) is 0 Å². The number of halogens is 1. The van der Waals surface area contributed by atoms with Crippen LogP contribution in [0.25, 0.3) is 0 Å². The average molecular weight is 284 g/mol. The van der Waals surface area contributed by atoms with Gasteiger partial charge in [0.2, 0.25) is 5.82 Å². The Morgan fingerprint density at radius 1 is 1.50 bits per heavy atom. The third kappa shape index (κ3) is 4.18. The fourth-order valence-electron chi connectivity index (χ4n) is 1.43. The normalized spacial score (nSPS) is 13.4. The molecule has 0 saturated carbocycles. The molecule has 0 saturated heterocycles. The number of carbonyl (C=O) groups excluding carboxylic acids is 1. The van der Waals surface area contributed by atoms with E-state index in [9.17, 15) is 19.3 Å². The van der Waals surface area contributed by atoms with Gasteiger partial charge in [0.05, 0.1) is 4.92 Å². The second-order valence-electron chi connectivity index (χ2n) is 4.45. The molecule has 0 aliphatic rings. The SMILES string of the molecule is CCC(C)NC(=O)C(C)Oc1ccc([N+](=O)[O-])c(F)c1. The molecule has 0 bridgehead atoms. The highest BCUT2D eigenvalue weighted by molar-refractivity contribution is 5.80. The number of nitrogens with zero attached hydrogens (tertiary/aromatic N) is 1. The first-order chi connectivity index (χ1) is 9.35. The van der Waals surface area contributed by atoms with Gasteiger partial charge >= 0.3 is 5.69 Å². The lowest BCUT2D eigenvalue weighted by Gasteiger charge is -2.17. The lowest BCUT2D eigenvalue weighted by atomic mass is 10.2. The molecule has 6 nitrogen and oxygen atoms in total. The molecule has 20 heavy (non-hydrogen) atoms. The fourth-order valence-corrected chi connectivity index (χ4v) is 1.43. The molecular formula is C13H17FN2O4. The molecule has 1 rings (SSSR count). The maximum atomic E-state index is 13.4. The molecular weight excluding hydrogens is 267 g/mol. The smallest absolute Gasteiger partial charge is 0.305 e. The van der Waals surface area contributed by atoms with Gasteiger partial charge in [0.15, 0.2) is 6.10 Å². The Kier molecular flexibility index (Phi) is 5.42. The molecule has 1 aromatic rings. The molecule has 1 N–H and O–H groups in total. The summed E-state index contributed by atoms with van der Waals surface area (Å²) < 4.78 is 18.7. The number of nitro groups is 1. The van der Waals surface area contributed by atoms with Gasteiger partial charge in [-0.25, -0.2) is 0 Å². The minimum Gasteiger partial charge on any atom is -0.481 e. The van der Waals surface area contributed by atoms with E-state index in [1.807, 2.05) is 13.8 Å². The van der Waals surface area contributed by atoms with Crippen LogP contribution in [0.2, 0.25) is 0 Å². The number of rotatable bonds is 6. The third-order valence-electron chi connectivity index (χ3n) is 2.80. The lowest BCUT2D eigenvalue weighted by molar-refractivity contribution is -0.387. The number of hydrogen-bond donors (Lipinski definition) is 1. The first-order valence-electron chi connectivity index (χ1n) is 6.26. The standard InChI is InChI=1S/C13H17FN2O4/c1-4-8(2)15-13(17)9(3)20-10-5-6-12(16(18)19)11(14)7-10/h5-9H,4H2,1-3H3,(H,15,17). The maximum Gasteiger partial charge on any atom is 0.305 e. The van der Waals surface area contributed by atoms with Gasteiger partial charge < -0.3 is 10.1 Å². The van der Waals surface area contributed by atoms with E-state index in [0.717, 1.165) is 18.6 Å². The average Bonchev–Trinajstić information content (AvgIpc) is 2.37. The minimum absolute atomic E-state index is 0.0159. The van der Waals surface area contributed by atoms with Crippen LogP contribution in [0.5, 0.6) is 5.75 Å². The maximum absolute atomic E-state index is 13.4. The molecule has 0 aromatic heterocycles. The van der Waals surface area contributed by atoms with Crippen molar-refractivity contribution in [3.8, 4) is 5.75 Å². The van der Waals surface area contributed by atoms with Crippen LogP contribution in [-0.4, -0.2) is 23.0 Å². The number of carbonyl (C=O) groups is 1. The number of nitrogens with one attached hydrogen (secondary N) is 1. The van der Waals surface area contributed by atoms with E-state index in [1.165, 1.54) is 13.0 Å². The van der Waals surface area contributed by atoms with Crippen molar-refractivity contribution in [3.05, 3.63) is 34.1 Å². The summed E-state index contributed by atoms with van der Waals surface area (Å²) in [7, 11) is 0. The van der Waals surface area contributed by atoms with Crippen molar-refractivity contribution in [1.82, 2.24) is 5.32 Å². The van der Waals surface area contributed by atoms with Gasteiger partial charge in [-0.1, -0.05) is 6.92 Å². The van der Waals surface area contributed by atoms with Crippen molar-refractivity contribution in [3.63, 3.8) is 0 Å². The zero-order valence-corrected chi connectivity index (χ0v) is 11.6. The summed E-state index contributed by atoms with van der Waals surface area (Å²) in [6, 6.07) is 3.17. The zero-order valence-electron chi connectivity index (χ0n) is 11.6. The van der Waals surface area contributed by atoms with E-state index >= 15 is 0 Å². The summed E-state index contributed by atoms with van der Waals surface area (Å²) in [4.78, 5) is 21.4. The van der Waals surface area contributed by atoms with E-state index in [2.05, 4.69) is 5.32 Å². The van der Waals surface area contributed by atoms with Gasteiger partial charge in [-0.2, -0.15) is 4.39 Å². The molecule has 2 atom stereocenters. The van der Waals surface area contributed by atoms with Crippen molar-refractivity contribution < 1.29 is 18.8 Å². The van der Waals surface area contributed by atoms with E-state index in [1.54, 1.807) is 0 Å². The molecule has 0 radical (unpaired) electrons. The highest BCUT2D eigenvalue weighted by Gasteiger charge is 2.19. The van der Waals surface area contributed by atoms with Crippen LogP contribution in [0.4, 0.5) is 10.1 Å². The minimum atomic E-state index is -0.998. The molecule has 0 spiro atoms. The van der Waals surface area contributed by atoms with Crippen molar-refractivity contribution in [2.24, 2.45) is 0 Å².